The second kappa shape index (κ2) is 7.09. The van der Waals surface area contributed by atoms with Crippen LogP contribution in [0, 0.1) is 5.82 Å². The maximum Gasteiger partial charge on any atom is 0.262 e. The highest BCUT2D eigenvalue weighted by Gasteiger charge is 2.10. The Morgan fingerprint density at radius 2 is 2.00 bits per heavy atom. The van der Waals surface area contributed by atoms with E-state index in [1.807, 2.05) is 25.1 Å². The first kappa shape index (κ1) is 15.3. The van der Waals surface area contributed by atoms with E-state index in [4.69, 9.17) is 16.3 Å². The molecule has 0 bridgehead atoms. The van der Waals surface area contributed by atoms with Crippen LogP contribution in [0.3, 0.4) is 0 Å². The van der Waals surface area contributed by atoms with Gasteiger partial charge >= 0.3 is 0 Å². The molecule has 5 heteroatoms. The SMILES string of the molecule is CCc1ccccc1OCC(=O)Nc1cccc(Cl)c1F. The summed E-state index contributed by atoms with van der Waals surface area (Å²) in [7, 11) is 0. The normalized spacial score (nSPS) is 10.2. The largest absolute Gasteiger partial charge is 0.483 e. The van der Waals surface area contributed by atoms with Gasteiger partial charge in [0.15, 0.2) is 12.4 Å². The number of para-hydroxylation sites is 1. The van der Waals surface area contributed by atoms with Crippen molar-refractivity contribution in [2.75, 3.05) is 11.9 Å². The van der Waals surface area contributed by atoms with Gasteiger partial charge in [-0.3, -0.25) is 4.79 Å². The standard InChI is InChI=1S/C16H15ClFNO2/c1-2-11-6-3-4-9-14(11)21-10-15(20)19-13-8-5-7-12(17)16(13)18/h3-9H,2,10H2,1H3,(H,19,20). The number of hydrogen-bond acceptors (Lipinski definition) is 2. The van der Waals surface area contributed by atoms with E-state index in [0.29, 0.717) is 5.75 Å². The molecule has 0 aliphatic heterocycles. The van der Waals surface area contributed by atoms with Gasteiger partial charge in [0.1, 0.15) is 5.75 Å². The molecular formula is C16H15ClFNO2. The lowest BCUT2D eigenvalue weighted by atomic mass is 10.1. The number of carbonyl (C=O) groups is 1. The molecule has 0 saturated heterocycles. The average molecular weight is 308 g/mol. The van der Waals surface area contributed by atoms with E-state index in [9.17, 15) is 9.18 Å². The molecule has 3 nitrogen and oxygen atoms in total. The Morgan fingerprint density at radius 1 is 1.24 bits per heavy atom. The minimum atomic E-state index is -0.651. The Balaban J connectivity index is 1.98. The van der Waals surface area contributed by atoms with Crippen LogP contribution in [0.1, 0.15) is 12.5 Å². The van der Waals surface area contributed by atoms with Gasteiger partial charge in [0.2, 0.25) is 0 Å². The lowest BCUT2D eigenvalue weighted by molar-refractivity contribution is -0.118. The lowest BCUT2D eigenvalue weighted by Gasteiger charge is -2.11. The maximum atomic E-state index is 13.7. The van der Waals surface area contributed by atoms with Crippen molar-refractivity contribution in [3.05, 3.63) is 58.9 Å². The van der Waals surface area contributed by atoms with Crippen molar-refractivity contribution in [2.24, 2.45) is 0 Å². The molecule has 2 aromatic carbocycles. The number of anilines is 1. The lowest BCUT2D eigenvalue weighted by Crippen LogP contribution is -2.21. The highest BCUT2D eigenvalue weighted by Crippen LogP contribution is 2.22. The molecular weight excluding hydrogens is 293 g/mol. The predicted octanol–water partition coefficient (Wildman–Crippen LogP) is 4.06. The third-order valence-electron chi connectivity index (χ3n) is 2.94. The van der Waals surface area contributed by atoms with E-state index < -0.39 is 11.7 Å². The van der Waals surface area contributed by atoms with E-state index >= 15 is 0 Å². The topological polar surface area (TPSA) is 38.3 Å². The number of ether oxygens (including phenoxy) is 1. The molecule has 0 heterocycles. The van der Waals surface area contributed by atoms with Crippen LogP contribution in [0.15, 0.2) is 42.5 Å². The summed E-state index contributed by atoms with van der Waals surface area (Å²) in [6, 6.07) is 11.9. The molecule has 2 aromatic rings. The zero-order chi connectivity index (χ0) is 15.2. The number of aryl methyl sites for hydroxylation is 1. The van der Waals surface area contributed by atoms with E-state index in [1.165, 1.54) is 12.1 Å². The van der Waals surface area contributed by atoms with Crippen LogP contribution < -0.4 is 10.1 Å². The van der Waals surface area contributed by atoms with Gasteiger partial charge in [0.25, 0.3) is 5.91 Å². The zero-order valence-corrected chi connectivity index (χ0v) is 12.3. The number of carbonyl (C=O) groups excluding carboxylic acids is 1. The van der Waals surface area contributed by atoms with Gasteiger partial charge < -0.3 is 10.1 Å². The summed E-state index contributed by atoms with van der Waals surface area (Å²) in [4.78, 5) is 11.8. The van der Waals surface area contributed by atoms with E-state index in [-0.39, 0.29) is 17.3 Å². The van der Waals surface area contributed by atoms with Crippen molar-refractivity contribution < 1.29 is 13.9 Å². The Morgan fingerprint density at radius 3 is 2.76 bits per heavy atom. The van der Waals surface area contributed by atoms with Gasteiger partial charge in [0, 0.05) is 0 Å². The first-order valence-corrected chi connectivity index (χ1v) is 6.94. The minimum Gasteiger partial charge on any atom is -0.483 e. The van der Waals surface area contributed by atoms with Gasteiger partial charge in [-0.05, 0) is 30.2 Å². The van der Waals surface area contributed by atoms with E-state index in [2.05, 4.69) is 5.32 Å². The number of amides is 1. The Kier molecular flexibility index (Phi) is 5.17. The highest BCUT2D eigenvalue weighted by atomic mass is 35.5. The summed E-state index contributed by atoms with van der Waals surface area (Å²) in [5.74, 6) is -0.440. The van der Waals surface area contributed by atoms with Crippen LogP contribution in [0.25, 0.3) is 0 Å². The first-order valence-electron chi connectivity index (χ1n) is 6.56. The van der Waals surface area contributed by atoms with Gasteiger partial charge in [-0.15, -0.1) is 0 Å². The number of hydrogen-bond donors (Lipinski definition) is 1. The first-order chi connectivity index (χ1) is 10.1. The fraction of sp³-hybridized carbons (Fsp3) is 0.188. The number of nitrogens with one attached hydrogen (secondary N) is 1. The van der Waals surface area contributed by atoms with Crippen molar-refractivity contribution in [1.82, 2.24) is 0 Å². The fourth-order valence-corrected chi connectivity index (χ4v) is 2.04. The second-order valence-corrected chi connectivity index (χ2v) is 4.81. The summed E-state index contributed by atoms with van der Waals surface area (Å²) in [6.07, 6.45) is 0.806. The predicted molar refractivity (Wildman–Crippen MR) is 81.4 cm³/mol. The molecule has 0 aliphatic carbocycles. The van der Waals surface area contributed by atoms with Gasteiger partial charge in [0.05, 0.1) is 10.7 Å². The quantitative estimate of drug-likeness (QED) is 0.904. The molecule has 21 heavy (non-hydrogen) atoms. The molecule has 1 N–H and O–H groups in total. The summed E-state index contributed by atoms with van der Waals surface area (Å²) < 4.78 is 19.1. The summed E-state index contributed by atoms with van der Waals surface area (Å²) in [5, 5.41) is 2.40. The smallest absolute Gasteiger partial charge is 0.262 e. The Hall–Kier alpha value is -2.07. The van der Waals surface area contributed by atoms with Crippen LogP contribution in [-0.2, 0) is 11.2 Å². The summed E-state index contributed by atoms with van der Waals surface area (Å²) in [6.45, 7) is 1.81. The van der Waals surface area contributed by atoms with E-state index in [0.717, 1.165) is 12.0 Å². The van der Waals surface area contributed by atoms with Gasteiger partial charge in [-0.1, -0.05) is 42.8 Å². The average Bonchev–Trinajstić information content (AvgIpc) is 2.50. The molecule has 0 spiro atoms. The monoisotopic (exact) mass is 307 g/mol. The van der Waals surface area contributed by atoms with E-state index in [1.54, 1.807) is 12.1 Å². The van der Waals surface area contributed by atoms with Crippen LogP contribution >= 0.6 is 11.6 Å². The number of rotatable bonds is 5. The molecule has 0 aliphatic rings. The van der Waals surface area contributed by atoms with Gasteiger partial charge in [-0.25, -0.2) is 4.39 Å². The highest BCUT2D eigenvalue weighted by molar-refractivity contribution is 6.31. The molecule has 1 amide bonds. The Bertz CT molecular complexity index is 646. The summed E-state index contributed by atoms with van der Waals surface area (Å²) >= 11 is 5.65. The molecule has 0 saturated carbocycles. The molecule has 0 atom stereocenters. The molecule has 110 valence electrons. The number of halogens is 2. The second-order valence-electron chi connectivity index (χ2n) is 4.40. The van der Waals surface area contributed by atoms with Crippen LogP contribution in [-0.4, -0.2) is 12.5 Å². The van der Waals surface area contributed by atoms with Crippen LogP contribution in [0.4, 0.5) is 10.1 Å². The summed E-state index contributed by atoms with van der Waals surface area (Å²) in [5.41, 5.74) is 1.05. The fourth-order valence-electron chi connectivity index (χ4n) is 1.87. The molecule has 0 unspecified atom stereocenters. The van der Waals surface area contributed by atoms with Crippen molar-refractivity contribution >= 4 is 23.2 Å². The van der Waals surface area contributed by atoms with Crippen molar-refractivity contribution in [2.45, 2.75) is 13.3 Å². The molecule has 2 rings (SSSR count). The van der Waals surface area contributed by atoms with Crippen molar-refractivity contribution in [3.8, 4) is 5.75 Å². The molecule has 0 radical (unpaired) electrons. The Labute approximate surface area is 127 Å². The van der Waals surface area contributed by atoms with Crippen LogP contribution in [0.2, 0.25) is 5.02 Å². The van der Waals surface area contributed by atoms with Crippen molar-refractivity contribution in [1.29, 1.82) is 0 Å². The molecule has 0 aromatic heterocycles. The molecule has 0 fully saturated rings. The van der Waals surface area contributed by atoms with Gasteiger partial charge in [-0.2, -0.15) is 0 Å². The number of benzene rings is 2. The van der Waals surface area contributed by atoms with Crippen LogP contribution in [0.5, 0.6) is 5.75 Å². The maximum absolute atomic E-state index is 13.7. The third kappa shape index (κ3) is 3.95. The minimum absolute atomic E-state index is 0.0370. The third-order valence-corrected chi connectivity index (χ3v) is 3.23. The zero-order valence-electron chi connectivity index (χ0n) is 11.5. The van der Waals surface area contributed by atoms with Crippen molar-refractivity contribution in [3.63, 3.8) is 0 Å².